The van der Waals surface area contributed by atoms with Crippen molar-refractivity contribution in [2.45, 2.75) is 18.7 Å². The number of sulfonamides is 1. The van der Waals surface area contributed by atoms with Crippen LogP contribution in [0.3, 0.4) is 0 Å². The van der Waals surface area contributed by atoms with Crippen LogP contribution in [0, 0.1) is 10.1 Å². The molecule has 2 rings (SSSR count). The molecular weight excluding hydrogens is 394 g/mol. The predicted octanol–water partition coefficient (Wildman–Crippen LogP) is 3.14. The summed E-state index contributed by atoms with van der Waals surface area (Å²) in [4.78, 5) is 12.7. The minimum atomic E-state index is -3.79. The molecule has 10 heteroatoms. The number of benzene rings is 2. The number of hydrazone groups is 1. The van der Waals surface area contributed by atoms with E-state index in [9.17, 15) is 18.5 Å². The van der Waals surface area contributed by atoms with Gasteiger partial charge in [-0.1, -0.05) is 26.0 Å². The SMILES string of the molecule is CCN(CC)S(=O)(=O)c1ccc(NN=Cc2ccc(N(C)C)cc2)c([N+](=O)[O-])c1. The first kappa shape index (κ1) is 22.3. The number of hydrogen-bond acceptors (Lipinski definition) is 7. The first-order valence-electron chi connectivity index (χ1n) is 9.05. The van der Waals surface area contributed by atoms with E-state index in [2.05, 4.69) is 10.5 Å². The zero-order valence-corrected chi connectivity index (χ0v) is 17.7. The van der Waals surface area contributed by atoms with Gasteiger partial charge in [0, 0.05) is 38.9 Å². The van der Waals surface area contributed by atoms with E-state index in [1.807, 2.05) is 43.3 Å². The number of hydrogen-bond donors (Lipinski definition) is 1. The van der Waals surface area contributed by atoms with Crippen LogP contribution in [0.15, 0.2) is 52.5 Å². The molecule has 2 aromatic rings. The maximum Gasteiger partial charge on any atom is 0.295 e. The van der Waals surface area contributed by atoms with E-state index in [-0.39, 0.29) is 29.4 Å². The average Bonchev–Trinajstić information content (AvgIpc) is 2.69. The quantitative estimate of drug-likeness (QED) is 0.380. The lowest BCUT2D eigenvalue weighted by Gasteiger charge is -2.18. The predicted molar refractivity (Wildman–Crippen MR) is 115 cm³/mol. The van der Waals surface area contributed by atoms with Gasteiger partial charge in [0.05, 0.1) is 16.0 Å². The Morgan fingerprint density at radius 1 is 1.10 bits per heavy atom. The smallest absolute Gasteiger partial charge is 0.295 e. The fourth-order valence-electron chi connectivity index (χ4n) is 2.66. The van der Waals surface area contributed by atoms with E-state index in [4.69, 9.17) is 0 Å². The van der Waals surface area contributed by atoms with E-state index in [0.717, 1.165) is 17.3 Å². The van der Waals surface area contributed by atoms with Crippen LogP contribution in [0.25, 0.3) is 0 Å². The van der Waals surface area contributed by atoms with Crippen LogP contribution in [-0.2, 0) is 10.0 Å². The Balaban J connectivity index is 2.26. The zero-order valence-electron chi connectivity index (χ0n) is 16.9. The molecule has 9 nitrogen and oxygen atoms in total. The van der Waals surface area contributed by atoms with Crippen LogP contribution in [0.5, 0.6) is 0 Å². The molecule has 0 saturated heterocycles. The van der Waals surface area contributed by atoms with Gasteiger partial charge in [-0.2, -0.15) is 9.41 Å². The fraction of sp³-hybridized carbons (Fsp3) is 0.316. The maximum atomic E-state index is 12.6. The molecule has 29 heavy (non-hydrogen) atoms. The molecule has 2 aromatic carbocycles. The summed E-state index contributed by atoms with van der Waals surface area (Å²) in [6, 6.07) is 11.3. The molecule has 1 N–H and O–H groups in total. The lowest BCUT2D eigenvalue weighted by atomic mass is 10.2. The molecule has 156 valence electrons. The first-order chi connectivity index (χ1) is 13.7. The molecular formula is C19H25N5O4S. The van der Waals surface area contributed by atoms with Gasteiger partial charge in [-0.25, -0.2) is 8.42 Å². The molecule has 0 atom stereocenters. The normalized spacial score (nSPS) is 11.8. The second kappa shape index (κ2) is 9.48. The molecule has 0 amide bonds. The molecule has 0 aliphatic carbocycles. The summed E-state index contributed by atoms with van der Waals surface area (Å²) >= 11 is 0. The van der Waals surface area contributed by atoms with Crippen LogP contribution in [0.4, 0.5) is 17.1 Å². The standard InChI is InChI=1S/C19H25N5O4S/c1-5-23(6-2)29(27,28)17-11-12-18(19(13-17)24(25)26)21-20-14-15-7-9-16(10-8-15)22(3)4/h7-14,21H,5-6H2,1-4H3. The monoisotopic (exact) mass is 419 g/mol. The Morgan fingerprint density at radius 2 is 1.72 bits per heavy atom. The van der Waals surface area contributed by atoms with Crippen molar-refractivity contribution in [2.75, 3.05) is 37.5 Å². The van der Waals surface area contributed by atoms with Crippen LogP contribution in [0.2, 0.25) is 0 Å². The third-order valence-corrected chi connectivity index (χ3v) is 6.36. The van der Waals surface area contributed by atoms with Crippen molar-refractivity contribution >= 4 is 33.3 Å². The Hall–Kier alpha value is -2.98. The van der Waals surface area contributed by atoms with Crippen molar-refractivity contribution in [3.63, 3.8) is 0 Å². The molecule has 0 fully saturated rings. The van der Waals surface area contributed by atoms with Crippen molar-refractivity contribution in [2.24, 2.45) is 5.10 Å². The van der Waals surface area contributed by atoms with Gasteiger partial charge in [0.2, 0.25) is 10.0 Å². The summed E-state index contributed by atoms with van der Waals surface area (Å²) in [6.45, 7) is 3.99. The number of nitro groups is 1. The van der Waals surface area contributed by atoms with E-state index < -0.39 is 14.9 Å². The number of nitro benzene ring substituents is 1. The van der Waals surface area contributed by atoms with Crippen LogP contribution in [0.1, 0.15) is 19.4 Å². The highest BCUT2D eigenvalue weighted by Crippen LogP contribution is 2.29. The second-order valence-electron chi connectivity index (χ2n) is 6.38. The zero-order chi connectivity index (χ0) is 21.6. The van der Waals surface area contributed by atoms with Gasteiger partial charge in [-0.3, -0.25) is 15.5 Å². The van der Waals surface area contributed by atoms with E-state index >= 15 is 0 Å². The third kappa shape index (κ3) is 5.30. The van der Waals surface area contributed by atoms with Crippen molar-refractivity contribution in [3.05, 3.63) is 58.1 Å². The second-order valence-corrected chi connectivity index (χ2v) is 8.32. The Bertz CT molecular complexity index is 984. The minimum Gasteiger partial charge on any atom is -0.378 e. The average molecular weight is 420 g/mol. The van der Waals surface area contributed by atoms with E-state index in [0.29, 0.717) is 0 Å². The minimum absolute atomic E-state index is 0.106. The topological polar surface area (TPSA) is 108 Å². The molecule has 0 saturated carbocycles. The first-order valence-corrected chi connectivity index (χ1v) is 10.5. The number of rotatable bonds is 9. The lowest BCUT2D eigenvalue weighted by Crippen LogP contribution is -2.30. The van der Waals surface area contributed by atoms with Crippen LogP contribution >= 0.6 is 0 Å². The van der Waals surface area contributed by atoms with Crippen molar-refractivity contribution in [3.8, 4) is 0 Å². The highest BCUT2D eigenvalue weighted by molar-refractivity contribution is 7.89. The van der Waals surface area contributed by atoms with Crippen molar-refractivity contribution in [1.29, 1.82) is 0 Å². The highest BCUT2D eigenvalue weighted by Gasteiger charge is 2.25. The summed E-state index contributed by atoms with van der Waals surface area (Å²) in [5, 5.41) is 15.5. The Morgan fingerprint density at radius 3 is 2.24 bits per heavy atom. The third-order valence-electron chi connectivity index (χ3n) is 4.32. The molecule has 0 aromatic heterocycles. The van der Waals surface area contributed by atoms with Crippen molar-refractivity contribution in [1.82, 2.24) is 4.31 Å². The largest absolute Gasteiger partial charge is 0.378 e. The summed E-state index contributed by atoms with van der Waals surface area (Å²) < 4.78 is 26.5. The molecule has 0 radical (unpaired) electrons. The van der Waals surface area contributed by atoms with Gasteiger partial charge in [0.25, 0.3) is 5.69 Å². The van der Waals surface area contributed by atoms with Crippen LogP contribution < -0.4 is 10.3 Å². The Kier molecular flexibility index (Phi) is 7.29. The number of anilines is 2. The number of nitrogens with zero attached hydrogens (tertiary/aromatic N) is 4. The Labute approximate surface area is 170 Å². The summed E-state index contributed by atoms with van der Waals surface area (Å²) in [6.07, 6.45) is 1.53. The number of nitrogens with one attached hydrogen (secondary N) is 1. The van der Waals surface area contributed by atoms with Gasteiger partial charge in [0.15, 0.2) is 0 Å². The van der Waals surface area contributed by atoms with Gasteiger partial charge in [-0.15, -0.1) is 0 Å². The fourth-order valence-corrected chi connectivity index (χ4v) is 4.14. The van der Waals surface area contributed by atoms with Crippen molar-refractivity contribution < 1.29 is 13.3 Å². The van der Waals surface area contributed by atoms with E-state index in [1.165, 1.54) is 22.7 Å². The van der Waals surface area contributed by atoms with Gasteiger partial charge >= 0.3 is 0 Å². The van der Waals surface area contributed by atoms with E-state index in [1.54, 1.807) is 13.8 Å². The molecule has 0 aliphatic rings. The molecule has 0 unspecified atom stereocenters. The van der Waals surface area contributed by atoms with Gasteiger partial charge in [-0.05, 0) is 29.8 Å². The molecule has 0 bridgehead atoms. The maximum absolute atomic E-state index is 12.6. The molecule has 0 aliphatic heterocycles. The summed E-state index contributed by atoms with van der Waals surface area (Å²) in [5.41, 5.74) is 4.22. The molecule has 0 heterocycles. The summed E-state index contributed by atoms with van der Waals surface area (Å²) in [7, 11) is 0.0868. The van der Waals surface area contributed by atoms with Gasteiger partial charge < -0.3 is 4.90 Å². The lowest BCUT2D eigenvalue weighted by molar-refractivity contribution is -0.384. The molecule has 0 spiro atoms. The van der Waals surface area contributed by atoms with Gasteiger partial charge in [0.1, 0.15) is 5.69 Å². The summed E-state index contributed by atoms with van der Waals surface area (Å²) in [5.74, 6) is 0. The highest BCUT2D eigenvalue weighted by atomic mass is 32.2. The van der Waals surface area contributed by atoms with Crippen LogP contribution in [-0.4, -0.2) is 51.0 Å².